The summed E-state index contributed by atoms with van der Waals surface area (Å²) in [4.78, 5) is 9.09. The zero-order valence-corrected chi connectivity index (χ0v) is 33.7. The van der Waals surface area contributed by atoms with Gasteiger partial charge in [0.2, 0.25) is 23.3 Å². The van der Waals surface area contributed by atoms with E-state index >= 15 is 35.1 Å². The molecule has 9 rings (SSSR count). The van der Waals surface area contributed by atoms with Crippen LogP contribution in [-0.2, 0) is 17.1 Å². The van der Waals surface area contributed by atoms with Crippen molar-refractivity contribution >= 4 is 22.3 Å². The van der Waals surface area contributed by atoms with Crippen LogP contribution in [0.3, 0.4) is 0 Å². The Balaban J connectivity index is 0.00000642. The predicted octanol–water partition coefficient (Wildman–Crippen LogP) is 9.08. The fourth-order valence-electron chi connectivity index (χ4n) is 7.70. The quantitative estimate of drug-likeness (QED) is 0.0589. The molecule has 0 aliphatic carbocycles. The van der Waals surface area contributed by atoms with Crippen molar-refractivity contribution in [3.63, 3.8) is 0 Å². The van der Waals surface area contributed by atoms with Gasteiger partial charge in [0.25, 0.3) is 0 Å². The maximum Gasteiger partial charge on any atom is 0.200 e. The Morgan fingerprint density at radius 1 is 0.188 bits per heavy atom. The number of fused-ring (bicyclic) bond motifs is 8. The Morgan fingerprint density at radius 2 is 0.333 bits per heavy atom. The van der Waals surface area contributed by atoms with Gasteiger partial charge in [-0.3, -0.25) is 0 Å². The van der Waals surface area contributed by atoms with Gasteiger partial charge in [-0.25, -0.2) is 87.8 Å². The maximum atomic E-state index is 15.8. The maximum absolute atomic E-state index is 15.8. The Labute approximate surface area is 377 Å². The van der Waals surface area contributed by atoms with Crippen LogP contribution < -0.4 is 21.4 Å². The molecule has 4 aromatic heterocycles. The van der Waals surface area contributed by atoms with Crippen molar-refractivity contribution in [1.82, 2.24) is 19.9 Å². The van der Waals surface area contributed by atoms with E-state index in [-0.39, 0.29) is 17.1 Å². The van der Waals surface area contributed by atoms with Crippen LogP contribution >= 0.6 is 0 Å². The van der Waals surface area contributed by atoms with Crippen LogP contribution in [-0.4, -0.2) is 19.9 Å². The summed E-state index contributed by atoms with van der Waals surface area (Å²) in [6, 6.07) is 5.29. The van der Waals surface area contributed by atoms with Crippen LogP contribution in [0, 0.1) is 116 Å². The van der Waals surface area contributed by atoms with Crippen LogP contribution in [0.25, 0.3) is 22.3 Å². The minimum Gasteiger partial charge on any atom is -0.354 e. The molecule has 0 atom stereocenters. The van der Waals surface area contributed by atoms with Gasteiger partial charge in [0.05, 0.1) is 22.3 Å². The third-order valence-electron chi connectivity index (χ3n) is 10.7. The minimum absolute atomic E-state index is 0. The molecule has 4 aromatic carbocycles. The number of halogens is 20. The molecule has 0 unspecified atom stereocenters. The van der Waals surface area contributed by atoms with E-state index in [0.29, 0.717) is 48.5 Å². The Bertz CT molecular complexity index is 3230. The van der Waals surface area contributed by atoms with Gasteiger partial charge in [-0.15, -0.1) is 0 Å². The van der Waals surface area contributed by atoms with E-state index in [4.69, 9.17) is 0 Å². The molecule has 4 N–H and O–H groups in total. The normalized spacial score (nSPS) is 12.7. The summed E-state index contributed by atoms with van der Waals surface area (Å²) in [5.74, 6) is -52.2. The van der Waals surface area contributed by atoms with Gasteiger partial charge >= 0.3 is 0 Å². The molecule has 1 aliphatic rings. The van der Waals surface area contributed by atoms with Crippen molar-refractivity contribution in [3.8, 4) is 0 Å². The van der Waals surface area contributed by atoms with Crippen molar-refractivity contribution in [3.05, 3.63) is 231 Å². The van der Waals surface area contributed by atoms with Crippen LogP contribution in [0.4, 0.5) is 87.8 Å². The van der Waals surface area contributed by atoms with E-state index < -0.39 is 205 Å². The van der Waals surface area contributed by atoms with Gasteiger partial charge in [0.1, 0.15) is 0 Å². The van der Waals surface area contributed by atoms with Crippen LogP contribution in [0.5, 0.6) is 0 Å². The second-order valence-corrected chi connectivity index (χ2v) is 14.4. The molecule has 0 saturated heterocycles. The van der Waals surface area contributed by atoms with Gasteiger partial charge in [0, 0.05) is 83.5 Å². The molecule has 0 amide bonds. The summed E-state index contributed by atoms with van der Waals surface area (Å²) < 4.78 is 303. The van der Waals surface area contributed by atoms with E-state index in [1.54, 1.807) is 0 Å². The molecule has 1 radical (unpaired) electrons. The SMILES string of the molecule is Fc1c(F)c(F)c(C2=c3ccc([nH]3)=C(c3c(F)c(F)c(F)c(F)c3F)c3ccc([nH]3)C(c3c(F)c(F)c(F)c(F)c3F)=c3ccc([nH]3)=C(c3c(F)c(F)c(F)c(F)c3F)c3ccc2[nH]3)c(F)c1F.[Mn]. The van der Waals surface area contributed by atoms with Gasteiger partial charge in [-0.2, -0.15) is 0 Å². The topological polar surface area (TPSA) is 63.2 Å². The van der Waals surface area contributed by atoms with Crippen molar-refractivity contribution in [2.75, 3.05) is 0 Å². The van der Waals surface area contributed by atoms with Crippen molar-refractivity contribution < 1.29 is 105 Å². The van der Waals surface area contributed by atoms with Gasteiger partial charge in [-0.05, 0) is 48.5 Å². The molecule has 8 bridgehead atoms. The van der Waals surface area contributed by atoms with E-state index in [0.717, 1.165) is 0 Å². The zero-order valence-electron chi connectivity index (χ0n) is 32.6. The average molecular weight is 1030 g/mol. The first-order chi connectivity index (χ1) is 32.1. The molecule has 0 fully saturated rings. The van der Waals surface area contributed by atoms with Gasteiger partial charge < -0.3 is 19.9 Å². The summed E-state index contributed by atoms with van der Waals surface area (Å²) in [6.07, 6.45) is 0. The molecule has 25 heteroatoms. The van der Waals surface area contributed by atoms with Crippen molar-refractivity contribution in [2.24, 2.45) is 0 Å². The Morgan fingerprint density at radius 3 is 0.493 bits per heavy atom. The first kappa shape index (κ1) is 48.1. The summed E-state index contributed by atoms with van der Waals surface area (Å²) in [5.41, 5.74) is -15.7. The molecule has 8 aromatic rings. The van der Waals surface area contributed by atoms with Crippen LogP contribution in [0.2, 0.25) is 0 Å². The summed E-state index contributed by atoms with van der Waals surface area (Å²) in [6.45, 7) is 0. The fourth-order valence-corrected chi connectivity index (χ4v) is 7.70. The minimum atomic E-state index is -2.70. The standard InChI is InChI=1S/C44H12F20N4.Mn/c45-25-21(26(46)34(54)41(61)33(25)53)17-9-1-2-10(65-9)18(22-27(47)35(55)42(62)36(56)28(22)48)12-5-6-14(67-12)20(24-31(51)39(59)44(64)40(60)32(24)52)16-8-7-15(68-16)19(13-4-3-11(17)66-13)23-29(49)37(57)43(63)38(58)30(23)50;/h1-8,65-68H;. The molecular formula is C44H12F20MnN4. The van der Waals surface area contributed by atoms with Gasteiger partial charge in [0.15, 0.2) is 93.1 Å². The number of benzene rings is 4. The van der Waals surface area contributed by atoms with Crippen LogP contribution in [0.15, 0.2) is 48.5 Å². The molecule has 69 heavy (non-hydrogen) atoms. The molecule has 355 valence electrons. The number of aromatic amines is 4. The number of hydrogen-bond donors (Lipinski definition) is 4. The fraction of sp³-hybridized carbons (Fsp3) is 0. The summed E-state index contributed by atoms with van der Waals surface area (Å²) >= 11 is 0. The number of aromatic nitrogens is 4. The second-order valence-electron chi connectivity index (χ2n) is 14.4. The number of rotatable bonds is 4. The number of hydrogen-bond acceptors (Lipinski definition) is 0. The largest absolute Gasteiger partial charge is 0.354 e. The predicted molar refractivity (Wildman–Crippen MR) is 193 cm³/mol. The number of nitrogens with one attached hydrogen (secondary N) is 4. The molecule has 5 heterocycles. The van der Waals surface area contributed by atoms with E-state index in [2.05, 4.69) is 19.9 Å². The first-order valence-electron chi connectivity index (χ1n) is 18.4. The first-order valence-corrected chi connectivity index (χ1v) is 18.4. The third-order valence-corrected chi connectivity index (χ3v) is 10.7. The van der Waals surface area contributed by atoms with Crippen LogP contribution in [0.1, 0.15) is 45.0 Å². The third kappa shape index (κ3) is 6.99. The molecule has 1 aliphatic heterocycles. The average Bonchev–Trinajstić information content (AvgIpc) is 4.18. The monoisotopic (exact) mass is 1030 g/mol. The number of H-pyrrole nitrogens is 4. The van der Waals surface area contributed by atoms with E-state index in [1.165, 1.54) is 0 Å². The Hall–Kier alpha value is -7.40. The van der Waals surface area contributed by atoms with E-state index in [1.807, 2.05) is 0 Å². The van der Waals surface area contributed by atoms with Crippen molar-refractivity contribution in [2.45, 2.75) is 0 Å². The second kappa shape index (κ2) is 17.0. The summed E-state index contributed by atoms with van der Waals surface area (Å²) in [7, 11) is 0. The van der Waals surface area contributed by atoms with E-state index in [9.17, 15) is 52.7 Å². The molecular weight excluding hydrogens is 1020 g/mol. The Kier molecular flexibility index (Phi) is 11.8. The molecule has 4 nitrogen and oxygen atoms in total. The van der Waals surface area contributed by atoms with Gasteiger partial charge in [-0.1, -0.05) is 0 Å². The molecule has 0 saturated carbocycles. The van der Waals surface area contributed by atoms with Crippen molar-refractivity contribution in [1.29, 1.82) is 0 Å². The smallest absolute Gasteiger partial charge is 0.200 e. The summed E-state index contributed by atoms with van der Waals surface area (Å²) in [5, 5.41) is -3.59. The zero-order chi connectivity index (χ0) is 49.3. The molecule has 0 spiro atoms.